The first kappa shape index (κ1) is 13.3. The predicted octanol–water partition coefficient (Wildman–Crippen LogP) is 2.44. The van der Waals surface area contributed by atoms with Crippen LogP contribution < -0.4 is 0 Å². The van der Waals surface area contributed by atoms with Crippen molar-refractivity contribution in [3.8, 4) is 0 Å². The Hall–Kier alpha value is -1.71. The van der Waals surface area contributed by atoms with Crippen LogP contribution in [0.3, 0.4) is 0 Å². The van der Waals surface area contributed by atoms with Crippen molar-refractivity contribution in [2.75, 3.05) is 13.1 Å². The Balaban J connectivity index is 1.88. The van der Waals surface area contributed by atoms with Crippen LogP contribution in [0.1, 0.15) is 37.7 Å². The first-order chi connectivity index (χ1) is 9.63. The van der Waals surface area contributed by atoms with Gasteiger partial charge in [-0.05, 0) is 18.9 Å². The molecule has 1 aliphatic carbocycles. The molecule has 0 bridgehead atoms. The zero-order valence-corrected chi connectivity index (χ0v) is 11.4. The molecule has 1 aromatic carbocycles. The summed E-state index contributed by atoms with van der Waals surface area (Å²) < 4.78 is 14.1. The predicted molar refractivity (Wildman–Crippen MR) is 72.8 cm³/mol. The van der Waals surface area contributed by atoms with Gasteiger partial charge in [0.25, 0.3) is 0 Å². The Morgan fingerprint density at radius 2 is 1.80 bits per heavy atom. The van der Waals surface area contributed by atoms with Gasteiger partial charge in [0.15, 0.2) is 0 Å². The van der Waals surface area contributed by atoms with Crippen LogP contribution in [0.4, 0.5) is 4.39 Å². The van der Waals surface area contributed by atoms with Crippen molar-refractivity contribution in [2.24, 2.45) is 0 Å². The number of halogens is 1. The summed E-state index contributed by atoms with van der Waals surface area (Å²) in [5, 5.41) is 0. The van der Waals surface area contributed by atoms with Gasteiger partial charge in [-0.15, -0.1) is 0 Å². The van der Waals surface area contributed by atoms with E-state index in [4.69, 9.17) is 0 Å². The monoisotopic (exact) mass is 275 g/mol. The number of likely N-dealkylation sites (tertiary alicyclic amines) is 1. The van der Waals surface area contributed by atoms with Gasteiger partial charge in [-0.1, -0.05) is 24.6 Å². The van der Waals surface area contributed by atoms with E-state index in [0.29, 0.717) is 44.3 Å². The molecule has 0 atom stereocenters. The molecule has 1 aliphatic heterocycles. The second-order valence-electron chi connectivity index (χ2n) is 5.75. The Labute approximate surface area is 117 Å². The number of piperidine rings is 1. The average molecular weight is 275 g/mol. The lowest BCUT2D eigenvalue weighted by molar-refractivity contribution is -0.143. The van der Waals surface area contributed by atoms with Gasteiger partial charge in [0.2, 0.25) is 5.91 Å². The first-order valence-corrected chi connectivity index (χ1v) is 7.19. The molecule has 106 valence electrons. The number of rotatable bonds is 2. The van der Waals surface area contributed by atoms with E-state index in [-0.39, 0.29) is 17.5 Å². The molecular formula is C16H18FNO2. The second kappa shape index (κ2) is 5.00. The SMILES string of the molecule is O=C1CCN(C(=O)C2(c3ccccc3F)CCC2)CC1. The Bertz CT molecular complexity index is 541. The van der Waals surface area contributed by atoms with Gasteiger partial charge >= 0.3 is 0 Å². The van der Waals surface area contributed by atoms with Crippen molar-refractivity contribution >= 4 is 11.7 Å². The molecule has 3 rings (SSSR count). The summed E-state index contributed by atoms with van der Waals surface area (Å²) in [6.45, 7) is 0.960. The highest BCUT2D eigenvalue weighted by Gasteiger charge is 2.49. The molecule has 2 fully saturated rings. The van der Waals surface area contributed by atoms with Crippen LogP contribution in [0.25, 0.3) is 0 Å². The molecule has 3 nitrogen and oxygen atoms in total. The summed E-state index contributed by atoms with van der Waals surface area (Å²) in [5.74, 6) is -0.0856. The number of carbonyl (C=O) groups excluding carboxylic acids is 2. The number of hydrogen-bond donors (Lipinski definition) is 0. The Morgan fingerprint density at radius 3 is 2.35 bits per heavy atom. The summed E-state index contributed by atoms with van der Waals surface area (Å²) in [7, 11) is 0. The van der Waals surface area contributed by atoms with Gasteiger partial charge in [-0.25, -0.2) is 4.39 Å². The minimum Gasteiger partial charge on any atom is -0.341 e. The molecule has 4 heteroatoms. The molecule has 0 radical (unpaired) electrons. The van der Waals surface area contributed by atoms with Crippen molar-refractivity contribution in [1.82, 2.24) is 4.90 Å². The van der Waals surface area contributed by atoms with Crippen LogP contribution >= 0.6 is 0 Å². The van der Waals surface area contributed by atoms with Crippen LogP contribution in [0.2, 0.25) is 0 Å². The van der Waals surface area contributed by atoms with Crippen LogP contribution in [0, 0.1) is 5.82 Å². The lowest BCUT2D eigenvalue weighted by Crippen LogP contribution is -2.53. The number of amides is 1. The maximum Gasteiger partial charge on any atom is 0.233 e. The average Bonchev–Trinajstić information content (AvgIpc) is 2.40. The van der Waals surface area contributed by atoms with Gasteiger partial charge in [0.05, 0.1) is 5.41 Å². The number of hydrogen-bond acceptors (Lipinski definition) is 2. The molecule has 1 aromatic rings. The minimum atomic E-state index is -0.689. The van der Waals surface area contributed by atoms with Gasteiger partial charge < -0.3 is 4.90 Å². The van der Waals surface area contributed by atoms with E-state index in [1.54, 1.807) is 23.1 Å². The maximum atomic E-state index is 14.1. The highest BCUT2D eigenvalue weighted by Crippen LogP contribution is 2.46. The molecular weight excluding hydrogens is 257 g/mol. The molecule has 1 amide bonds. The zero-order valence-electron chi connectivity index (χ0n) is 11.4. The van der Waals surface area contributed by atoms with E-state index < -0.39 is 5.41 Å². The summed E-state index contributed by atoms with van der Waals surface area (Å²) in [6.07, 6.45) is 3.22. The van der Waals surface area contributed by atoms with Crippen LogP contribution in [0.5, 0.6) is 0 Å². The van der Waals surface area contributed by atoms with Crippen molar-refractivity contribution in [3.63, 3.8) is 0 Å². The van der Waals surface area contributed by atoms with Gasteiger partial charge in [-0.2, -0.15) is 0 Å². The summed E-state index contributed by atoms with van der Waals surface area (Å²) in [6, 6.07) is 6.57. The lowest BCUT2D eigenvalue weighted by atomic mass is 9.63. The summed E-state index contributed by atoms with van der Waals surface area (Å²) in [5.41, 5.74) is -0.167. The van der Waals surface area contributed by atoms with Gasteiger partial charge in [-0.3, -0.25) is 9.59 Å². The van der Waals surface area contributed by atoms with Crippen molar-refractivity contribution < 1.29 is 14.0 Å². The lowest BCUT2D eigenvalue weighted by Gasteiger charge is -2.44. The smallest absolute Gasteiger partial charge is 0.233 e. The van der Waals surface area contributed by atoms with E-state index in [2.05, 4.69) is 0 Å². The molecule has 20 heavy (non-hydrogen) atoms. The summed E-state index contributed by atoms with van der Waals surface area (Å²) >= 11 is 0. The van der Waals surface area contributed by atoms with E-state index in [1.807, 2.05) is 0 Å². The Kier molecular flexibility index (Phi) is 3.32. The van der Waals surface area contributed by atoms with Gasteiger partial charge in [0.1, 0.15) is 11.6 Å². The quantitative estimate of drug-likeness (QED) is 0.831. The standard InChI is InChI=1S/C16H18FNO2/c17-14-5-2-1-4-13(14)16(8-3-9-16)15(20)18-10-6-12(19)7-11-18/h1-2,4-5H,3,6-11H2. The summed E-state index contributed by atoms with van der Waals surface area (Å²) in [4.78, 5) is 25.8. The molecule has 0 N–H and O–H groups in total. The molecule has 0 aromatic heterocycles. The third-order valence-corrected chi connectivity index (χ3v) is 4.61. The third-order valence-electron chi connectivity index (χ3n) is 4.61. The Morgan fingerprint density at radius 1 is 1.15 bits per heavy atom. The van der Waals surface area contributed by atoms with E-state index >= 15 is 0 Å². The highest BCUT2D eigenvalue weighted by molar-refractivity contribution is 5.91. The van der Waals surface area contributed by atoms with Crippen molar-refractivity contribution in [3.05, 3.63) is 35.6 Å². The number of nitrogens with zero attached hydrogens (tertiary/aromatic N) is 1. The fraction of sp³-hybridized carbons (Fsp3) is 0.500. The molecule has 0 unspecified atom stereocenters. The number of carbonyl (C=O) groups is 2. The van der Waals surface area contributed by atoms with Crippen LogP contribution in [-0.4, -0.2) is 29.7 Å². The maximum absolute atomic E-state index is 14.1. The number of Topliss-reactive ketones (excluding diaryl/α,β-unsaturated/α-hetero) is 1. The van der Waals surface area contributed by atoms with Crippen molar-refractivity contribution in [2.45, 2.75) is 37.5 Å². The third kappa shape index (κ3) is 2.03. The minimum absolute atomic E-state index is 0.00125. The molecule has 2 aliphatic rings. The molecule has 1 saturated heterocycles. The largest absolute Gasteiger partial charge is 0.341 e. The number of benzene rings is 1. The fourth-order valence-corrected chi connectivity index (χ4v) is 3.24. The van der Waals surface area contributed by atoms with E-state index in [9.17, 15) is 14.0 Å². The van der Waals surface area contributed by atoms with Crippen LogP contribution in [-0.2, 0) is 15.0 Å². The van der Waals surface area contributed by atoms with E-state index in [0.717, 1.165) is 6.42 Å². The van der Waals surface area contributed by atoms with Crippen LogP contribution in [0.15, 0.2) is 24.3 Å². The molecule has 0 spiro atoms. The fourth-order valence-electron chi connectivity index (χ4n) is 3.24. The molecule has 1 heterocycles. The van der Waals surface area contributed by atoms with Crippen molar-refractivity contribution in [1.29, 1.82) is 0 Å². The first-order valence-electron chi connectivity index (χ1n) is 7.19. The zero-order chi connectivity index (χ0) is 14.2. The topological polar surface area (TPSA) is 37.4 Å². The highest BCUT2D eigenvalue weighted by atomic mass is 19.1. The van der Waals surface area contributed by atoms with Gasteiger partial charge in [0, 0.05) is 31.5 Å². The normalized spacial score (nSPS) is 21.4. The van der Waals surface area contributed by atoms with E-state index in [1.165, 1.54) is 6.07 Å². The second-order valence-corrected chi connectivity index (χ2v) is 5.75. The molecule has 1 saturated carbocycles. The number of ketones is 1.